The van der Waals surface area contributed by atoms with Crippen molar-refractivity contribution in [1.82, 2.24) is 9.47 Å². The molecule has 0 fully saturated rings. The molecule has 0 aliphatic carbocycles. The van der Waals surface area contributed by atoms with E-state index in [2.05, 4.69) is 28.2 Å². The summed E-state index contributed by atoms with van der Waals surface area (Å²) in [5.74, 6) is -0.395. The predicted octanol–water partition coefficient (Wildman–Crippen LogP) is 5.02. The second kappa shape index (κ2) is 7.60. The molecule has 31 heavy (non-hydrogen) atoms. The number of aromatic nitrogens is 1. The highest BCUT2D eigenvalue weighted by Crippen LogP contribution is 2.41. The van der Waals surface area contributed by atoms with Crippen molar-refractivity contribution >= 4 is 40.0 Å². The number of para-hydroxylation sites is 1. The third-order valence-electron chi connectivity index (χ3n) is 5.72. The molecule has 2 heterocycles. The molecule has 0 saturated carbocycles. The summed E-state index contributed by atoms with van der Waals surface area (Å²) in [7, 11) is 1.99. The number of carbonyl (C=O) groups is 2. The van der Waals surface area contributed by atoms with Gasteiger partial charge in [0.05, 0.1) is 6.04 Å². The molecule has 3 aromatic carbocycles. The van der Waals surface area contributed by atoms with Crippen LogP contribution >= 0.6 is 11.6 Å². The molecule has 4 aromatic rings. The zero-order valence-corrected chi connectivity index (χ0v) is 17.6. The first-order valence-electron chi connectivity index (χ1n) is 10.0. The summed E-state index contributed by atoms with van der Waals surface area (Å²) in [5, 5.41) is 4.53. The molecule has 0 saturated heterocycles. The minimum absolute atomic E-state index is 0.0516. The van der Waals surface area contributed by atoms with Crippen LogP contribution in [0.4, 0.5) is 5.69 Å². The van der Waals surface area contributed by atoms with Gasteiger partial charge in [-0.05, 0) is 42.0 Å². The number of carbonyl (C=O) groups excluding carboxylic acids is 2. The van der Waals surface area contributed by atoms with E-state index in [1.165, 1.54) is 0 Å². The first-order valence-corrected chi connectivity index (χ1v) is 10.4. The molecular weight excluding hydrogens is 410 g/mol. The first-order chi connectivity index (χ1) is 15.0. The Morgan fingerprint density at radius 2 is 1.68 bits per heavy atom. The lowest BCUT2D eigenvalue weighted by atomic mass is 9.97. The molecule has 1 aliphatic heterocycles. The van der Waals surface area contributed by atoms with Gasteiger partial charge in [0.25, 0.3) is 5.91 Å². The summed E-state index contributed by atoms with van der Waals surface area (Å²) in [6.07, 6.45) is 2.05. The molecule has 1 unspecified atom stereocenters. The van der Waals surface area contributed by atoms with Crippen molar-refractivity contribution in [2.75, 3.05) is 11.9 Å². The Balaban J connectivity index is 1.53. The molecule has 6 heteroatoms. The van der Waals surface area contributed by atoms with Crippen LogP contribution in [-0.2, 0) is 11.8 Å². The highest BCUT2D eigenvalue weighted by Gasteiger charge is 2.39. The Hall–Kier alpha value is -3.57. The van der Waals surface area contributed by atoms with Crippen LogP contribution in [0.25, 0.3) is 10.9 Å². The van der Waals surface area contributed by atoms with Crippen LogP contribution < -0.4 is 5.32 Å². The number of halogens is 1. The molecule has 154 valence electrons. The van der Waals surface area contributed by atoms with E-state index < -0.39 is 0 Å². The van der Waals surface area contributed by atoms with Crippen molar-refractivity contribution in [3.63, 3.8) is 0 Å². The maximum Gasteiger partial charge on any atom is 0.255 e. The Bertz CT molecular complexity index is 1310. The van der Waals surface area contributed by atoms with E-state index in [9.17, 15) is 9.59 Å². The van der Waals surface area contributed by atoms with E-state index in [0.717, 1.165) is 22.0 Å². The molecule has 0 radical (unpaired) electrons. The van der Waals surface area contributed by atoms with Gasteiger partial charge >= 0.3 is 0 Å². The Morgan fingerprint density at radius 3 is 2.48 bits per heavy atom. The number of benzene rings is 3. The number of nitrogens with zero attached hydrogens (tertiary/aromatic N) is 2. The van der Waals surface area contributed by atoms with Crippen LogP contribution in [0, 0.1) is 0 Å². The Kier molecular flexibility index (Phi) is 4.75. The average molecular weight is 430 g/mol. The zero-order chi connectivity index (χ0) is 21.5. The Morgan fingerprint density at radius 1 is 0.968 bits per heavy atom. The number of anilines is 1. The highest BCUT2D eigenvalue weighted by molar-refractivity contribution is 6.30. The summed E-state index contributed by atoms with van der Waals surface area (Å²) >= 11 is 5.93. The van der Waals surface area contributed by atoms with Gasteiger partial charge in [-0.15, -0.1) is 0 Å². The summed E-state index contributed by atoms with van der Waals surface area (Å²) in [4.78, 5) is 27.8. The SMILES string of the molecule is Cn1cc(C2c3ccccc3C(=O)N2CC(=O)Nc2ccc(Cl)cc2)c2ccccc21. The zero-order valence-electron chi connectivity index (χ0n) is 16.9. The molecule has 5 rings (SSSR count). The number of hydrogen-bond acceptors (Lipinski definition) is 2. The predicted molar refractivity (Wildman–Crippen MR) is 122 cm³/mol. The Labute approximate surface area is 184 Å². The molecule has 1 aliphatic rings. The van der Waals surface area contributed by atoms with Crippen molar-refractivity contribution in [3.05, 3.63) is 101 Å². The van der Waals surface area contributed by atoms with Gasteiger partial charge in [0.2, 0.25) is 5.91 Å². The number of amides is 2. The van der Waals surface area contributed by atoms with Crippen molar-refractivity contribution in [1.29, 1.82) is 0 Å². The largest absolute Gasteiger partial charge is 0.350 e. The molecule has 1 atom stereocenters. The standard InChI is InChI=1S/C25H20ClN3O2/c1-28-14-21(18-6-4-5-9-22(18)28)24-19-7-2-3-8-20(19)25(31)29(24)15-23(30)27-17-12-10-16(26)11-13-17/h2-14,24H,15H2,1H3,(H,27,30). The average Bonchev–Trinajstić information content (AvgIpc) is 3.24. The fourth-order valence-electron chi connectivity index (χ4n) is 4.35. The summed E-state index contributed by atoms with van der Waals surface area (Å²) in [6.45, 7) is -0.0516. The van der Waals surface area contributed by atoms with Crippen molar-refractivity contribution < 1.29 is 9.59 Å². The number of rotatable bonds is 4. The molecule has 2 amide bonds. The fraction of sp³-hybridized carbons (Fsp3) is 0.120. The van der Waals surface area contributed by atoms with Crippen molar-refractivity contribution in [2.45, 2.75) is 6.04 Å². The van der Waals surface area contributed by atoms with Crippen molar-refractivity contribution in [2.24, 2.45) is 7.05 Å². The molecule has 1 aromatic heterocycles. The van der Waals surface area contributed by atoms with Gasteiger partial charge < -0.3 is 14.8 Å². The van der Waals surface area contributed by atoms with E-state index in [4.69, 9.17) is 11.6 Å². The van der Waals surface area contributed by atoms with Gasteiger partial charge in [-0.3, -0.25) is 9.59 Å². The summed E-state index contributed by atoms with van der Waals surface area (Å²) < 4.78 is 2.06. The highest BCUT2D eigenvalue weighted by atomic mass is 35.5. The van der Waals surface area contributed by atoms with Crippen molar-refractivity contribution in [3.8, 4) is 0 Å². The normalized spacial score (nSPS) is 15.4. The minimum atomic E-state index is -0.328. The number of aryl methyl sites for hydroxylation is 1. The van der Waals surface area contributed by atoms with Gasteiger partial charge in [0, 0.05) is 46.0 Å². The lowest BCUT2D eigenvalue weighted by Crippen LogP contribution is -2.36. The van der Waals surface area contributed by atoms with E-state index >= 15 is 0 Å². The van der Waals surface area contributed by atoms with Crippen LogP contribution in [0.2, 0.25) is 5.02 Å². The van der Waals surface area contributed by atoms with E-state index in [1.54, 1.807) is 29.2 Å². The lowest BCUT2D eigenvalue weighted by molar-refractivity contribution is -0.117. The van der Waals surface area contributed by atoms with Crippen LogP contribution in [0.15, 0.2) is 79.0 Å². The minimum Gasteiger partial charge on any atom is -0.350 e. The van der Waals surface area contributed by atoms with E-state index in [1.807, 2.05) is 43.4 Å². The van der Waals surface area contributed by atoms with Crippen LogP contribution in [-0.4, -0.2) is 27.8 Å². The van der Waals surface area contributed by atoms with Gasteiger partial charge in [-0.25, -0.2) is 0 Å². The molecular formula is C25H20ClN3O2. The van der Waals surface area contributed by atoms with Gasteiger partial charge in [0.15, 0.2) is 0 Å². The number of fused-ring (bicyclic) bond motifs is 2. The topological polar surface area (TPSA) is 54.3 Å². The summed E-state index contributed by atoms with van der Waals surface area (Å²) in [5.41, 5.74) is 4.29. The monoisotopic (exact) mass is 429 g/mol. The second-order valence-electron chi connectivity index (χ2n) is 7.69. The number of nitrogens with one attached hydrogen (secondary N) is 1. The second-order valence-corrected chi connectivity index (χ2v) is 8.13. The van der Waals surface area contributed by atoms with Crippen LogP contribution in [0.1, 0.15) is 27.5 Å². The maximum atomic E-state index is 13.3. The third kappa shape index (κ3) is 3.37. The molecule has 0 spiro atoms. The van der Waals surface area contributed by atoms with Gasteiger partial charge in [-0.1, -0.05) is 48.0 Å². The molecule has 5 nitrogen and oxygen atoms in total. The van der Waals surface area contributed by atoms with Gasteiger partial charge in [0.1, 0.15) is 6.54 Å². The quantitative estimate of drug-likeness (QED) is 0.495. The van der Waals surface area contributed by atoms with Crippen LogP contribution in [0.5, 0.6) is 0 Å². The molecule has 1 N–H and O–H groups in total. The number of hydrogen-bond donors (Lipinski definition) is 1. The first kappa shape index (κ1) is 19.4. The lowest BCUT2D eigenvalue weighted by Gasteiger charge is -2.25. The van der Waals surface area contributed by atoms with Crippen LogP contribution in [0.3, 0.4) is 0 Å². The van der Waals surface area contributed by atoms with Gasteiger partial charge in [-0.2, -0.15) is 0 Å². The molecule has 0 bridgehead atoms. The maximum absolute atomic E-state index is 13.3. The van der Waals surface area contributed by atoms with E-state index in [-0.39, 0.29) is 24.4 Å². The third-order valence-corrected chi connectivity index (χ3v) is 5.97. The smallest absolute Gasteiger partial charge is 0.255 e. The summed E-state index contributed by atoms with van der Waals surface area (Å²) in [6, 6.07) is 22.3. The fourth-order valence-corrected chi connectivity index (χ4v) is 4.47. The van der Waals surface area contributed by atoms with E-state index in [0.29, 0.717) is 16.3 Å².